The summed E-state index contributed by atoms with van der Waals surface area (Å²) in [6.45, 7) is 2.16. The van der Waals surface area contributed by atoms with Gasteiger partial charge in [0.2, 0.25) is 5.88 Å². The Bertz CT molecular complexity index is 1780. The molecule has 0 bridgehead atoms. The maximum Gasteiger partial charge on any atom is 0.296 e. The lowest BCUT2D eigenvalue weighted by Crippen LogP contribution is -2.54. The first-order chi connectivity index (χ1) is 20.4. The minimum atomic E-state index is -3.02. The normalized spacial score (nSPS) is 18.7. The van der Waals surface area contributed by atoms with Gasteiger partial charge < -0.3 is 19.5 Å². The fraction of sp³-hybridized carbons (Fsp3) is 0.345. The predicted molar refractivity (Wildman–Crippen MR) is 150 cm³/mol. The molecule has 11 nitrogen and oxygen atoms in total. The lowest BCUT2D eigenvalue weighted by molar-refractivity contribution is -0.140. The first-order valence-electron chi connectivity index (χ1n) is 13.7. The molecule has 2 fully saturated rings. The Balaban J connectivity index is 1.17. The standard InChI is InChI=1S/C29H28F2N8O3/c1-17-11-18(3-7-21(17)41-25-12-24-33-15-36-39(24)16-35-25)37-28-26-20(32-14-34-28)6-8-22(40-2)27(26)42-23-9-10-38(19-4-5-19)13-29(23,30)31/h3,6-8,11-12,14-16,19,23H,4-5,9-10,13H2,1-2H3,(H,32,34,37). The third-order valence-corrected chi connectivity index (χ3v) is 7.63. The number of hydrogen-bond acceptors (Lipinski definition) is 10. The zero-order valence-corrected chi connectivity index (χ0v) is 23.0. The van der Waals surface area contributed by atoms with Crippen LogP contribution in [0.5, 0.6) is 23.1 Å². The van der Waals surface area contributed by atoms with Gasteiger partial charge in [-0.3, -0.25) is 4.90 Å². The number of piperidine rings is 1. The molecule has 7 rings (SSSR count). The van der Waals surface area contributed by atoms with Crippen molar-refractivity contribution in [1.82, 2.24) is 34.4 Å². The lowest BCUT2D eigenvalue weighted by atomic mass is 10.0. The summed E-state index contributed by atoms with van der Waals surface area (Å²) in [5, 5.41) is 7.80. The molecule has 5 aromatic rings. The number of aryl methyl sites for hydroxylation is 1. The summed E-state index contributed by atoms with van der Waals surface area (Å²) in [6.07, 6.45) is 5.26. The highest BCUT2D eigenvalue weighted by Gasteiger charge is 2.49. The molecule has 0 amide bonds. The van der Waals surface area contributed by atoms with Crippen LogP contribution in [-0.2, 0) is 0 Å². The van der Waals surface area contributed by atoms with Crippen LogP contribution < -0.4 is 19.5 Å². The largest absolute Gasteiger partial charge is 0.493 e. The van der Waals surface area contributed by atoms with Crippen LogP contribution in [0.25, 0.3) is 16.6 Å². The number of ether oxygens (including phenoxy) is 3. The number of halogens is 2. The number of fused-ring (bicyclic) bond motifs is 2. The molecule has 3 aromatic heterocycles. The van der Waals surface area contributed by atoms with E-state index in [1.165, 1.54) is 26.1 Å². The third kappa shape index (κ3) is 5.00. The van der Waals surface area contributed by atoms with Crippen LogP contribution in [0.4, 0.5) is 20.3 Å². The van der Waals surface area contributed by atoms with Crippen LogP contribution in [0.15, 0.2) is 55.4 Å². The summed E-state index contributed by atoms with van der Waals surface area (Å²) in [4.78, 5) is 19.1. The zero-order chi connectivity index (χ0) is 28.8. The summed E-state index contributed by atoms with van der Waals surface area (Å²) in [5.41, 5.74) is 2.69. The van der Waals surface area contributed by atoms with E-state index >= 15 is 8.78 Å². The molecule has 13 heteroatoms. The molecule has 1 N–H and O–H groups in total. The van der Waals surface area contributed by atoms with Crippen molar-refractivity contribution in [3.8, 4) is 23.1 Å². The second kappa shape index (κ2) is 10.3. The monoisotopic (exact) mass is 574 g/mol. The first-order valence-corrected chi connectivity index (χ1v) is 13.7. The molecule has 0 spiro atoms. The van der Waals surface area contributed by atoms with Gasteiger partial charge in [-0.25, -0.2) is 33.2 Å². The van der Waals surface area contributed by atoms with Gasteiger partial charge in [-0.2, -0.15) is 5.10 Å². The fourth-order valence-corrected chi connectivity index (χ4v) is 5.32. The van der Waals surface area contributed by atoms with Crippen molar-refractivity contribution in [2.24, 2.45) is 0 Å². The molecule has 1 aliphatic heterocycles. The number of likely N-dealkylation sites (tertiary alicyclic amines) is 1. The van der Waals surface area contributed by atoms with Gasteiger partial charge in [0.25, 0.3) is 5.92 Å². The first kappa shape index (κ1) is 26.3. The van der Waals surface area contributed by atoms with E-state index in [4.69, 9.17) is 14.2 Å². The Morgan fingerprint density at radius 2 is 1.83 bits per heavy atom. The maximum absolute atomic E-state index is 15.3. The summed E-state index contributed by atoms with van der Waals surface area (Å²) in [5.74, 6) is -1.10. The average Bonchev–Trinajstić information content (AvgIpc) is 3.73. The Kier molecular flexibility index (Phi) is 6.45. The van der Waals surface area contributed by atoms with Crippen molar-refractivity contribution in [1.29, 1.82) is 0 Å². The molecule has 42 heavy (non-hydrogen) atoms. The minimum Gasteiger partial charge on any atom is -0.493 e. The molecular weight excluding hydrogens is 546 g/mol. The van der Waals surface area contributed by atoms with Gasteiger partial charge in [0.1, 0.15) is 30.5 Å². The van der Waals surface area contributed by atoms with Gasteiger partial charge in [0.15, 0.2) is 23.3 Å². The van der Waals surface area contributed by atoms with Gasteiger partial charge in [0.05, 0.1) is 24.6 Å². The molecule has 1 aliphatic carbocycles. The van der Waals surface area contributed by atoms with Crippen molar-refractivity contribution in [3.05, 3.63) is 60.9 Å². The van der Waals surface area contributed by atoms with E-state index in [1.54, 1.807) is 22.7 Å². The third-order valence-electron chi connectivity index (χ3n) is 7.63. The molecule has 1 unspecified atom stereocenters. The molecule has 1 saturated heterocycles. The molecule has 4 heterocycles. The number of anilines is 2. The molecule has 1 atom stereocenters. The Morgan fingerprint density at radius 1 is 0.976 bits per heavy atom. The van der Waals surface area contributed by atoms with Gasteiger partial charge in [-0.15, -0.1) is 0 Å². The van der Waals surface area contributed by atoms with E-state index in [-0.39, 0.29) is 24.8 Å². The number of benzene rings is 2. The molecule has 216 valence electrons. The van der Waals surface area contributed by atoms with Crippen molar-refractivity contribution in [2.45, 2.75) is 44.3 Å². The number of rotatable bonds is 8. The molecular formula is C29H28F2N8O3. The van der Waals surface area contributed by atoms with Crippen LogP contribution >= 0.6 is 0 Å². The maximum atomic E-state index is 15.3. The second-order valence-electron chi connectivity index (χ2n) is 10.6. The number of alkyl halides is 2. The quantitative estimate of drug-likeness (QED) is 0.266. The minimum absolute atomic E-state index is 0.189. The number of hydrogen-bond donors (Lipinski definition) is 1. The number of nitrogens with one attached hydrogen (secondary N) is 1. The zero-order valence-electron chi connectivity index (χ0n) is 23.0. The number of aromatic nitrogens is 6. The fourth-order valence-electron chi connectivity index (χ4n) is 5.32. The van der Waals surface area contributed by atoms with E-state index in [0.717, 1.165) is 18.4 Å². The van der Waals surface area contributed by atoms with Crippen LogP contribution in [0.2, 0.25) is 0 Å². The van der Waals surface area contributed by atoms with E-state index in [1.807, 2.05) is 30.0 Å². The Labute approximate surface area is 239 Å². The molecule has 0 radical (unpaired) electrons. The van der Waals surface area contributed by atoms with E-state index in [9.17, 15) is 0 Å². The van der Waals surface area contributed by atoms with E-state index in [2.05, 4.69) is 30.4 Å². The average molecular weight is 575 g/mol. The Hall–Kier alpha value is -4.65. The highest BCUT2D eigenvalue weighted by molar-refractivity contribution is 5.97. The van der Waals surface area contributed by atoms with E-state index in [0.29, 0.717) is 52.0 Å². The summed E-state index contributed by atoms with van der Waals surface area (Å²) >= 11 is 0. The second-order valence-corrected chi connectivity index (χ2v) is 10.6. The number of methoxy groups -OCH3 is 1. The summed E-state index contributed by atoms with van der Waals surface area (Å²) in [6, 6.07) is 10.9. The molecule has 1 saturated carbocycles. The van der Waals surface area contributed by atoms with Crippen molar-refractivity contribution >= 4 is 28.1 Å². The molecule has 2 aromatic carbocycles. The number of nitrogens with zero attached hydrogens (tertiary/aromatic N) is 7. The molecule has 2 aliphatic rings. The van der Waals surface area contributed by atoms with Crippen molar-refractivity contribution in [3.63, 3.8) is 0 Å². The SMILES string of the molecule is COc1ccc2ncnc(Nc3ccc(Oc4cc5ncnn5cn4)c(C)c3)c2c1OC1CCN(C2CC2)CC1(F)F. The van der Waals surface area contributed by atoms with Crippen molar-refractivity contribution in [2.75, 3.05) is 25.5 Å². The van der Waals surface area contributed by atoms with Gasteiger partial charge in [-0.1, -0.05) is 0 Å². The summed E-state index contributed by atoms with van der Waals surface area (Å²) in [7, 11) is 1.48. The van der Waals surface area contributed by atoms with E-state index < -0.39 is 12.0 Å². The lowest BCUT2D eigenvalue weighted by Gasteiger charge is -2.38. The van der Waals surface area contributed by atoms with Crippen LogP contribution in [-0.4, -0.2) is 72.7 Å². The highest BCUT2D eigenvalue weighted by atomic mass is 19.3. The van der Waals surface area contributed by atoms with Gasteiger partial charge in [-0.05, 0) is 55.7 Å². The Morgan fingerprint density at radius 3 is 2.62 bits per heavy atom. The van der Waals surface area contributed by atoms with Crippen LogP contribution in [0.1, 0.15) is 24.8 Å². The topological polar surface area (TPSA) is 112 Å². The predicted octanol–water partition coefficient (Wildman–Crippen LogP) is 5.17. The van der Waals surface area contributed by atoms with Crippen LogP contribution in [0.3, 0.4) is 0 Å². The van der Waals surface area contributed by atoms with Crippen molar-refractivity contribution < 1.29 is 23.0 Å². The highest BCUT2D eigenvalue weighted by Crippen LogP contribution is 2.43. The van der Waals surface area contributed by atoms with Gasteiger partial charge in [0, 0.05) is 30.8 Å². The van der Waals surface area contributed by atoms with Crippen LogP contribution in [0, 0.1) is 6.92 Å². The van der Waals surface area contributed by atoms with Gasteiger partial charge >= 0.3 is 0 Å². The smallest absolute Gasteiger partial charge is 0.296 e. The summed E-state index contributed by atoms with van der Waals surface area (Å²) < 4.78 is 49.8.